The molecule has 0 saturated heterocycles. The van der Waals surface area contributed by atoms with Crippen LogP contribution in [0.5, 0.6) is 5.75 Å². The summed E-state index contributed by atoms with van der Waals surface area (Å²) in [6, 6.07) is 1.28. The summed E-state index contributed by atoms with van der Waals surface area (Å²) in [6.07, 6.45) is 1.11. The molecule has 1 aromatic rings. The number of nitro groups is 1. The zero-order valence-corrected chi connectivity index (χ0v) is 10.6. The Morgan fingerprint density at radius 2 is 2.25 bits per heavy atom. The van der Waals surface area contributed by atoms with Crippen molar-refractivity contribution < 1.29 is 10.0 Å². The van der Waals surface area contributed by atoms with Gasteiger partial charge in [0.15, 0.2) is 0 Å². The van der Waals surface area contributed by atoms with Gasteiger partial charge in [0.2, 0.25) is 0 Å². The highest BCUT2D eigenvalue weighted by atomic mass is 79.9. The van der Waals surface area contributed by atoms with Crippen molar-refractivity contribution in [1.82, 2.24) is 0 Å². The second kappa shape index (κ2) is 5.47. The zero-order valence-electron chi connectivity index (χ0n) is 8.24. The maximum Gasteiger partial charge on any atom is 0.289 e. The van der Waals surface area contributed by atoms with Crippen molar-refractivity contribution in [2.45, 2.75) is 12.8 Å². The Morgan fingerprint density at radius 1 is 1.62 bits per heavy atom. The predicted octanol–water partition coefficient (Wildman–Crippen LogP) is 2.61. The lowest BCUT2D eigenvalue weighted by molar-refractivity contribution is -0.384. The lowest BCUT2D eigenvalue weighted by atomic mass is 10.1. The number of nitrogens with zero attached hydrogens (tertiary/aromatic N) is 1. The molecule has 0 spiro atoms. The second-order valence-corrected chi connectivity index (χ2v) is 4.35. The number of nitrogens with two attached hydrogens (primary N) is 1. The molecule has 88 valence electrons. The molecule has 3 N–H and O–H groups in total. The van der Waals surface area contributed by atoms with Gasteiger partial charge < -0.3 is 10.8 Å². The van der Waals surface area contributed by atoms with Crippen molar-refractivity contribution in [3.63, 3.8) is 0 Å². The molecule has 0 bridgehead atoms. The first-order valence-electron chi connectivity index (χ1n) is 4.53. The number of hydrogen-bond acceptors (Lipinski definition) is 4. The van der Waals surface area contributed by atoms with Crippen LogP contribution in [0.1, 0.15) is 12.0 Å². The second-order valence-electron chi connectivity index (χ2n) is 3.18. The van der Waals surface area contributed by atoms with Gasteiger partial charge in [-0.1, -0.05) is 11.6 Å². The number of hydrogen-bond donors (Lipinski definition) is 2. The number of benzene rings is 1. The van der Waals surface area contributed by atoms with Crippen LogP contribution in [0.3, 0.4) is 0 Å². The van der Waals surface area contributed by atoms with Crippen molar-refractivity contribution in [3.8, 4) is 5.75 Å². The summed E-state index contributed by atoms with van der Waals surface area (Å²) >= 11 is 8.75. The van der Waals surface area contributed by atoms with Gasteiger partial charge in [-0.15, -0.1) is 0 Å². The minimum absolute atomic E-state index is 0.0657. The van der Waals surface area contributed by atoms with Gasteiger partial charge in [-0.3, -0.25) is 10.1 Å². The highest BCUT2D eigenvalue weighted by Crippen LogP contribution is 2.41. The van der Waals surface area contributed by atoms with Gasteiger partial charge in [-0.05, 0) is 35.3 Å². The van der Waals surface area contributed by atoms with Gasteiger partial charge in [-0.2, -0.15) is 0 Å². The van der Waals surface area contributed by atoms with E-state index in [0.717, 1.165) is 0 Å². The van der Waals surface area contributed by atoms with Crippen LogP contribution in [0.4, 0.5) is 5.69 Å². The summed E-state index contributed by atoms with van der Waals surface area (Å²) in [6.45, 7) is 0.452. The molecular formula is C9H10BrClN2O3. The van der Waals surface area contributed by atoms with E-state index in [-0.39, 0.29) is 20.9 Å². The minimum Gasteiger partial charge on any atom is -0.506 e. The first-order valence-corrected chi connectivity index (χ1v) is 5.70. The number of aromatic hydroxyl groups is 1. The lowest BCUT2D eigenvalue weighted by Crippen LogP contribution is -2.01. The molecule has 0 amide bonds. The summed E-state index contributed by atoms with van der Waals surface area (Å²) in [5, 5.41) is 20.3. The van der Waals surface area contributed by atoms with E-state index in [0.29, 0.717) is 24.9 Å². The Kier molecular flexibility index (Phi) is 4.52. The van der Waals surface area contributed by atoms with Crippen LogP contribution < -0.4 is 5.73 Å². The van der Waals surface area contributed by atoms with Crippen LogP contribution in [0.2, 0.25) is 5.02 Å². The van der Waals surface area contributed by atoms with E-state index >= 15 is 0 Å². The van der Waals surface area contributed by atoms with E-state index in [1.165, 1.54) is 6.07 Å². The predicted molar refractivity (Wildman–Crippen MR) is 64.8 cm³/mol. The topological polar surface area (TPSA) is 89.4 Å². The summed E-state index contributed by atoms with van der Waals surface area (Å²) in [7, 11) is 0. The fraction of sp³-hybridized carbons (Fsp3) is 0.333. The van der Waals surface area contributed by atoms with Crippen molar-refractivity contribution in [2.75, 3.05) is 6.54 Å². The van der Waals surface area contributed by atoms with Crippen LogP contribution in [-0.2, 0) is 6.42 Å². The SMILES string of the molecule is NCCCc1cc([N+](=O)[O-])c(Cl)c(Br)c1O. The highest BCUT2D eigenvalue weighted by molar-refractivity contribution is 9.10. The third-order valence-corrected chi connectivity index (χ3v) is 3.47. The summed E-state index contributed by atoms with van der Waals surface area (Å²) in [4.78, 5) is 10.1. The Bertz CT molecular complexity index is 426. The average Bonchev–Trinajstić information content (AvgIpc) is 2.24. The van der Waals surface area contributed by atoms with Crippen LogP contribution in [0.15, 0.2) is 10.5 Å². The molecule has 0 radical (unpaired) electrons. The molecule has 0 atom stereocenters. The van der Waals surface area contributed by atoms with E-state index in [1.54, 1.807) is 0 Å². The standard InChI is InChI=1S/C9H10BrClN2O3/c10-7-8(11)6(13(15)16)4-5(9(7)14)2-1-3-12/h4,14H,1-3,12H2. The average molecular weight is 310 g/mol. The van der Waals surface area contributed by atoms with Gasteiger partial charge in [-0.25, -0.2) is 0 Å². The lowest BCUT2D eigenvalue weighted by Gasteiger charge is -2.07. The minimum atomic E-state index is -0.585. The van der Waals surface area contributed by atoms with Crippen molar-refractivity contribution in [1.29, 1.82) is 0 Å². The van der Waals surface area contributed by atoms with Crippen molar-refractivity contribution in [2.24, 2.45) is 5.73 Å². The van der Waals surface area contributed by atoms with Crippen molar-refractivity contribution in [3.05, 3.63) is 31.2 Å². The Hall–Kier alpha value is -0.850. The Morgan fingerprint density at radius 3 is 2.75 bits per heavy atom. The number of rotatable bonds is 4. The fourth-order valence-corrected chi connectivity index (χ4v) is 1.94. The molecule has 0 unspecified atom stereocenters. The van der Waals surface area contributed by atoms with Crippen LogP contribution in [-0.4, -0.2) is 16.6 Å². The first-order chi connectivity index (χ1) is 7.49. The number of phenolic OH excluding ortho intramolecular Hbond substituents is 1. The number of halogens is 2. The number of nitro benzene ring substituents is 1. The van der Waals surface area contributed by atoms with Gasteiger partial charge in [0.25, 0.3) is 5.69 Å². The normalized spacial score (nSPS) is 10.4. The molecule has 0 aromatic heterocycles. The number of phenols is 1. The largest absolute Gasteiger partial charge is 0.506 e. The molecule has 0 aliphatic heterocycles. The monoisotopic (exact) mass is 308 g/mol. The van der Waals surface area contributed by atoms with E-state index < -0.39 is 4.92 Å². The maximum atomic E-state index is 10.7. The van der Waals surface area contributed by atoms with E-state index in [2.05, 4.69) is 15.9 Å². The van der Waals surface area contributed by atoms with E-state index in [9.17, 15) is 15.2 Å². The van der Waals surface area contributed by atoms with Crippen molar-refractivity contribution >= 4 is 33.2 Å². The summed E-state index contributed by atoms with van der Waals surface area (Å²) in [5.41, 5.74) is 5.58. The molecule has 5 nitrogen and oxygen atoms in total. The van der Waals surface area contributed by atoms with E-state index in [4.69, 9.17) is 17.3 Å². The maximum absolute atomic E-state index is 10.7. The molecule has 0 aliphatic rings. The van der Waals surface area contributed by atoms with Gasteiger partial charge in [0.05, 0.1) is 9.40 Å². The first kappa shape index (κ1) is 13.2. The summed E-state index contributed by atoms with van der Waals surface area (Å²) < 4.78 is 0.149. The van der Waals surface area contributed by atoms with E-state index in [1.807, 2.05) is 0 Å². The van der Waals surface area contributed by atoms with Gasteiger partial charge in [0.1, 0.15) is 10.8 Å². The third-order valence-electron chi connectivity index (χ3n) is 2.09. The smallest absolute Gasteiger partial charge is 0.289 e. The Balaban J connectivity index is 3.24. The molecule has 16 heavy (non-hydrogen) atoms. The molecule has 7 heteroatoms. The fourth-order valence-electron chi connectivity index (χ4n) is 1.27. The molecule has 1 aromatic carbocycles. The zero-order chi connectivity index (χ0) is 12.3. The van der Waals surface area contributed by atoms with Gasteiger partial charge >= 0.3 is 0 Å². The molecule has 0 fully saturated rings. The molecular weight excluding hydrogens is 299 g/mol. The van der Waals surface area contributed by atoms with Gasteiger partial charge in [0, 0.05) is 11.6 Å². The highest BCUT2D eigenvalue weighted by Gasteiger charge is 2.21. The van der Waals surface area contributed by atoms with Crippen LogP contribution in [0.25, 0.3) is 0 Å². The van der Waals surface area contributed by atoms with Crippen LogP contribution in [0, 0.1) is 10.1 Å². The quantitative estimate of drug-likeness (QED) is 0.661. The molecule has 0 heterocycles. The molecule has 1 rings (SSSR count). The number of aryl methyl sites for hydroxylation is 1. The molecule has 0 saturated carbocycles. The van der Waals surface area contributed by atoms with Crippen LogP contribution >= 0.6 is 27.5 Å². The molecule has 0 aliphatic carbocycles. The summed E-state index contributed by atoms with van der Waals surface area (Å²) in [5.74, 6) is -0.0657. The Labute approximate surface area is 105 Å². The third kappa shape index (κ3) is 2.63.